The maximum absolute atomic E-state index is 12.1. The molecule has 1 aromatic carbocycles. The second-order valence-electron chi connectivity index (χ2n) is 4.81. The topological polar surface area (TPSA) is 84.7 Å². The predicted octanol–water partition coefficient (Wildman–Crippen LogP) is 3.92. The SMILES string of the molecule is Cc1nccn1-c1cc(NC(=O)Nc2cc(Cl)ccc2Cl)ncn1. The van der Waals surface area contributed by atoms with Crippen molar-refractivity contribution in [1.82, 2.24) is 19.5 Å². The van der Waals surface area contributed by atoms with Crippen molar-refractivity contribution in [1.29, 1.82) is 0 Å². The lowest BCUT2D eigenvalue weighted by Crippen LogP contribution is -2.20. The van der Waals surface area contributed by atoms with Crippen molar-refractivity contribution in [3.8, 4) is 5.82 Å². The molecule has 2 N–H and O–H groups in total. The van der Waals surface area contributed by atoms with Crippen LogP contribution in [0, 0.1) is 6.92 Å². The molecule has 0 radical (unpaired) electrons. The van der Waals surface area contributed by atoms with E-state index in [9.17, 15) is 4.79 Å². The summed E-state index contributed by atoms with van der Waals surface area (Å²) >= 11 is 11.9. The van der Waals surface area contributed by atoms with Gasteiger partial charge in [0.25, 0.3) is 0 Å². The molecule has 24 heavy (non-hydrogen) atoms. The summed E-state index contributed by atoms with van der Waals surface area (Å²) in [6.07, 6.45) is 4.79. The number of carbonyl (C=O) groups is 1. The first-order valence-corrected chi connectivity index (χ1v) is 7.64. The van der Waals surface area contributed by atoms with Gasteiger partial charge in [0, 0.05) is 23.5 Å². The molecular formula is C15H12Cl2N6O. The molecule has 0 fully saturated rings. The van der Waals surface area contributed by atoms with Crippen LogP contribution in [0.4, 0.5) is 16.3 Å². The van der Waals surface area contributed by atoms with E-state index in [1.165, 1.54) is 6.33 Å². The molecular weight excluding hydrogens is 351 g/mol. The molecule has 0 bridgehead atoms. The van der Waals surface area contributed by atoms with Gasteiger partial charge in [0.2, 0.25) is 0 Å². The van der Waals surface area contributed by atoms with Crippen molar-refractivity contribution in [2.45, 2.75) is 6.92 Å². The summed E-state index contributed by atoms with van der Waals surface area (Å²) in [6, 6.07) is 5.94. The molecule has 0 aliphatic carbocycles. The highest BCUT2D eigenvalue weighted by Gasteiger charge is 2.09. The average molecular weight is 363 g/mol. The van der Waals surface area contributed by atoms with Crippen LogP contribution in [-0.4, -0.2) is 25.6 Å². The summed E-state index contributed by atoms with van der Waals surface area (Å²) in [6.45, 7) is 1.85. The van der Waals surface area contributed by atoms with Crippen molar-refractivity contribution < 1.29 is 4.79 Å². The molecule has 0 saturated carbocycles. The zero-order chi connectivity index (χ0) is 17.1. The average Bonchev–Trinajstić information content (AvgIpc) is 2.97. The molecule has 2 aromatic heterocycles. The van der Waals surface area contributed by atoms with Crippen molar-refractivity contribution in [2.75, 3.05) is 10.6 Å². The van der Waals surface area contributed by atoms with Crippen LogP contribution in [-0.2, 0) is 0 Å². The first-order valence-electron chi connectivity index (χ1n) is 6.88. The van der Waals surface area contributed by atoms with E-state index in [1.54, 1.807) is 41.2 Å². The molecule has 2 amide bonds. The number of aryl methyl sites for hydroxylation is 1. The molecule has 122 valence electrons. The maximum Gasteiger partial charge on any atom is 0.324 e. The Kier molecular flexibility index (Phi) is 4.64. The lowest BCUT2D eigenvalue weighted by atomic mass is 10.3. The number of nitrogens with one attached hydrogen (secondary N) is 2. The van der Waals surface area contributed by atoms with Gasteiger partial charge in [-0.05, 0) is 25.1 Å². The summed E-state index contributed by atoms with van der Waals surface area (Å²) in [5.74, 6) is 1.70. The molecule has 2 heterocycles. The molecule has 0 aliphatic rings. The summed E-state index contributed by atoms with van der Waals surface area (Å²) in [7, 11) is 0. The van der Waals surface area contributed by atoms with Gasteiger partial charge in [-0.25, -0.2) is 19.7 Å². The van der Waals surface area contributed by atoms with Gasteiger partial charge in [0.15, 0.2) is 0 Å². The van der Waals surface area contributed by atoms with E-state index in [4.69, 9.17) is 23.2 Å². The lowest BCUT2D eigenvalue weighted by molar-refractivity contribution is 0.262. The van der Waals surface area contributed by atoms with Crippen molar-refractivity contribution in [3.63, 3.8) is 0 Å². The van der Waals surface area contributed by atoms with Crippen LogP contribution >= 0.6 is 23.2 Å². The van der Waals surface area contributed by atoms with Crippen molar-refractivity contribution >= 4 is 40.7 Å². The molecule has 7 nitrogen and oxygen atoms in total. The van der Waals surface area contributed by atoms with E-state index in [0.717, 1.165) is 5.82 Å². The Labute approximate surface area is 147 Å². The smallest absolute Gasteiger partial charge is 0.306 e. The van der Waals surface area contributed by atoms with Crippen LogP contribution in [0.5, 0.6) is 0 Å². The van der Waals surface area contributed by atoms with Gasteiger partial charge in [-0.3, -0.25) is 9.88 Å². The van der Waals surface area contributed by atoms with Crippen LogP contribution < -0.4 is 10.6 Å². The number of carbonyl (C=O) groups excluding carboxylic acids is 1. The summed E-state index contributed by atoms with van der Waals surface area (Å²) in [4.78, 5) is 24.4. The molecule has 0 spiro atoms. The Morgan fingerprint density at radius 2 is 1.96 bits per heavy atom. The fourth-order valence-electron chi connectivity index (χ4n) is 2.03. The number of imidazole rings is 1. The second kappa shape index (κ2) is 6.86. The van der Waals surface area contributed by atoms with E-state index in [2.05, 4.69) is 25.6 Å². The highest BCUT2D eigenvalue weighted by atomic mass is 35.5. The molecule has 0 saturated heterocycles. The number of anilines is 2. The fraction of sp³-hybridized carbons (Fsp3) is 0.0667. The Balaban J connectivity index is 1.75. The van der Waals surface area contributed by atoms with E-state index in [-0.39, 0.29) is 0 Å². The molecule has 0 atom stereocenters. The van der Waals surface area contributed by atoms with Gasteiger partial charge in [-0.1, -0.05) is 23.2 Å². The number of amides is 2. The van der Waals surface area contributed by atoms with E-state index < -0.39 is 6.03 Å². The molecule has 0 unspecified atom stereocenters. The molecule has 9 heteroatoms. The van der Waals surface area contributed by atoms with Gasteiger partial charge in [0.05, 0.1) is 10.7 Å². The number of benzene rings is 1. The third-order valence-corrected chi connectivity index (χ3v) is 3.71. The Morgan fingerprint density at radius 1 is 1.12 bits per heavy atom. The van der Waals surface area contributed by atoms with Gasteiger partial charge in [-0.2, -0.15) is 0 Å². The summed E-state index contributed by atoms with van der Waals surface area (Å²) < 4.78 is 1.78. The van der Waals surface area contributed by atoms with Crippen LogP contribution in [0.1, 0.15) is 5.82 Å². The zero-order valence-corrected chi connectivity index (χ0v) is 14.0. The number of halogens is 2. The lowest BCUT2D eigenvalue weighted by Gasteiger charge is -2.10. The van der Waals surface area contributed by atoms with Gasteiger partial charge in [0.1, 0.15) is 23.8 Å². The number of rotatable bonds is 3. The van der Waals surface area contributed by atoms with E-state index >= 15 is 0 Å². The third kappa shape index (κ3) is 3.64. The van der Waals surface area contributed by atoms with E-state index in [1.807, 2.05) is 6.92 Å². The second-order valence-corrected chi connectivity index (χ2v) is 5.65. The highest BCUT2D eigenvalue weighted by molar-refractivity contribution is 6.35. The minimum atomic E-state index is -0.494. The van der Waals surface area contributed by atoms with Crippen LogP contribution in [0.15, 0.2) is 43.0 Å². The van der Waals surface area contributed by atoms with E-state index in [0.29, 0.717) is 27.4 Å². The predicted molar refractivity (Wildman–Crippen MR) is 93.0 cm³/mol. The number of hydrogen-bond donors (Lipinski definition) is 2. The first-order chi connectivity index (χ1) is 11.5. The zero-order valence-electron chi connectivity index (χ0n) is 12.5. The quantitative estimate of drug-likeness (QED) is 0.739. The van der Waals surface area contributed by atoms with Gasteiger partial charge < -0.3 is 5.32 Å². The molecule has 0 aliphatic heterocycles. The highest BCUT2D eigenvalue weighted by Crippen LogP contribution is 2.25. The van der Waals surface area contributed by atoms with Gasteiger partial charge >= 0.3 is 6.03 Å². The largest absolute Gasteiger partial charge is 0.324 e. The molecule has 3 rings (SSSR count). The van der Waals surface area contributed by atoms with Crippen LogP contribution in [0.2, 0.25) is 10.0 Å². The number of urea groups is 1. The van der Waals surface area contributed by atoms with Crippen molar-refractivity contribution in [3.05, 3.63) is 58.9 Å². The standard InChI is InChI=1S/C15H12Cl2N6O/c1-9-18-4-5-23(9)14-7-13(19-8-20-14)22-15(24)21-12-6-10(16)2-3-11(12)17/h2-8H,1H3,(H2,19,20,21,22,24). The Morgan fingerprint density at radius 3 is 2.71 bits per heavy atom. The number of hydrogen-bond acceptors (Lipinski definition) is 4. The monoisotopic (exact) mass is 362 g/mol. The minimum absolute atomic E-state index is 0.337. The maximum atomic E-state index is 12.1. The minimum Gasteiger partial charge on any atom is -0.306 e. The fourth-order valence-corrected chi connectivity index (χ4v) is 2.37. The van der Waals surface area contributed by atoms with Crippen LogP contribution in [0.3, 0.4) is 0 Å². The number of aromatic nitrogens is 4. The van der Waals surface area contributed by atoms with Gasteiger partial charge in [-0.15, -0.1) is 0 Å². The van der Waals surface area contributed by atoms with Crippen molar-refractivity contribution in [2.24, 2.45) is 0 Å². The Hall–Kier alpha value is -2.64. The Bertz CT molecular complexity index is 895. The molecule has 3 aromatic rings. The third-order valence-electron chi connectivity index (χ3n) is 3.14. The first kappa shape index (κ1) is 16.2. The normalized spacial score (nSPS) is 10.5. The van der Waals surface area contributed by atoms with Crippen LogP contribution in [0.25, 0.3) is 5.82 Å². The summed E-state index contributed by atoms with van der Waals surface area (Å²) in [5.41, 5.74) is 0.404. The summed E-state index contributed by atoms with van der Waals surface area (Å²) in [5, 5.41) is 6.09. The number of nitrogens with zero attached hydrogens (tertiary/aromatic N) is 4.